The number of rotatable bonds is 3. The van der Waals surface area contributed by atoms with Gasteiger partial charge in [-0.15, -0.1) is 0 Å². The van der Waals surface area contributed by atoms with Crippen LogP contribution in [0.4, 0.5) is 4.39 Å². The van der Waals surface area contributed by atoms with Crippen molar-refractivity contribution in [1.29, 1.82) is 0 Å². The predicted octanol–water partition coefficient (Wildman–Crippen LogP) is 1.05. The highest BCUT2D eigenvalue weighted by molar-refractivity contribution is 5.77. The van der Waals surface area contributed by atoms with Gasteiger partial charge in [0.1, 0.15) is 5.82 Å². The fraction of sp³-hybridized carbons (Fsp3) is 0.222. The Kier molecular flexibility index (Phi) is 3.40. The standard InChI is InChI=1S/C9H10FNO2/c1-13-11-9(12)6-7-3-2-4-8(10)5-7/h2-5H,6H2,1H3,(H,11,12). The van der Waals surface area contributed by atoms with Crippen molar-refractivity contribution in [3.63, 3.8) is 0 Å². The van der Waals surface area contributed by atoms with Crippen molar-refractivity contribution in [2.24, 2.45) is 0 Å². The van der Waals surface area contributed by atoms with Crippen molar-refractivity contribution in [3.05, 3.63) is 35.6 Å². The lowest BCUT2D eigenvalue weighted by Gasteiger charge is -2.01. The molecular weight excluding hydrogens is 173 g/mol. The Morgan fingerprint density at radius 1 is 1.62 bits per heavy atom. The van der Waals surface area contributed by atoms with E-state index < -0.39 is 0 Å². The number of hydrogen-bond acceptors (Lipinski definition) is 2. The van der Waals surface area contributed by atoms with Crippen molar-refractivity contribution in [3.8, 4) is 0 Å². The molecule has 1 rings (SSSR count). The Hall–Kier alpha value is -1.42. The lowest BCUT2D eigenvalue weighted by Crippen LogP contribution is -2.23. The van der Waals surface area contributed by atoms with Crippen LogP contribution in [0.25, 0.3) is 0 Å². The van der Waals surface area contributed by atoms with E-state index in [0.29, 0.717) is 5.56 Å². The molecule has 0 aromatic heterocycles. The average molecular weight is 183 g/mol. The minimum absolute atomic E-state index is 0.117. The lowest BCUT2D eigenvalue weighted by molar-refractivity contribution is -0.130. The molecular formula is C9H10FNO2. The van der Waals surface area contributed by atoms with Crippen LogP contribution < -0.4 is 5.48 Å². The Labute approximate surface area is 75.5 Å². The van der Waals surface area contributed by atoms with Crippen LogP contribution >= 0.6 is 0 Å². The second-order valence-electron chi connectivity index (χ2n) is 2.54. The second kappa shape index (κ2) is 4.57. The van der Waals surface area contributed by atoms with Gasteiger partial charge in [-0.25, -0.2) is 9.87 Å². The number of halogens is 1. The summed E-state index contributed by atoms with van der Waals surface area (Å²) in [7, 11) is 1.35. The van der Waals surface area contributed by atoms with E-state index in [4.69, 9.17) is 0 Å². The summed E-state index contributed by atoms with van der Waals surface area (Å²) in [5.74, 6) is -0.643. The number of hydroxylamine groups is 1. The monoisotopic (exact) mass is 183 g/mol. The first kappa shape index (κ1) is 9.67. The van der Waals surface area contributed by atoms with Crippen molar-refractivity contribution in [2.75, 3.05) is 7.11 Å². The van der Waals surface area contributed by atoms with Gasteiger partial charge >= 0.3 is 0 Å². The van der Waals surface area contributed by atoms with Crippen molar-refractivity contribution < 1.29 is 14.0 Å². The first-order chi connectivity index (χ1) is 6.22. The maximum absolute atomic E-state index is 12.6. The molecule has 0 spiro atoms. The van der Waals surface area contributed by atoms with E-state index in [1.165, 1.54) is 19.2 Å². The van der Waals surface area contributed by atoms with Gasteiger partial charge in [0.2, 0.25) is 5.91 Å². The summed E-state index contributed by atoms with van der Waals surface area (Å²) in [4.78, 5) is 15.4. The summed E-state index contributed by atoms with van der Waals surface area (Å²) < 4.78 is 12.6. The van der Waals surface area contributed by atoms with E-state index >= 15 is 0 Å². The molecule has 0 bridgehead atoms. The smallest absolute Gasteiger partial charge is 0.247 e. The number of nitrogens with one attached hydrogen (secondary N) is 1. The zero-order chi connectivity index (χ0) is 9.68. The van der Waals surface area contributed by atoms with Crippen LogP contribution in [0.2, 0.25) is 0 Å². The minimum Gasteiger partial charge on any atom is -0.277 e. The van der Waals surface area contributed by atoms with E-state index in [2.05, 4.69) is 10.3 Å². The molecule has 0 radical (unpaired) electrons. The quantitative estimate of drug-likeness (QED) is 0.711. The van der Waals surface area contributed by atoms with E-state index in [-0.39, 0.29) is 18.1 Å². The SMILES string of the molecule is CONC(=O)Cc1cccc(F)c1. The molecule has 0 aliphatic rings. The molecule has 1 N–H and O–H groups in total. The van der Waals surface area contributed by atoms with Crippen LogP contribution in [-0.4, -0.2) is 13.0 Å². The summed E-state index contributed by atoms with van der Waals surface area (Å²) in [6.45, 7) is 0. The molecule has 0 saturated heterocycles. The van der Waals surface area contributed by atoms with Gasteiger partial charge in [-0.1, -0.05) is 12.1 Å². The van der Waals surface area contributed by atoms with Crippen LogP contribution in [0.1, 0.15) is 5.56 Å². The van der Waals surface area contributed by atoms with Gasteiger partial charge in [-0.2, -0.15) is 0 Å². The van der Waals surface area contributed by atoms with Crippen LogP contribution in [0.15, 0.2) is 24.3 Å². The number of amides is 1. The summed E-state index contributed by atoms with van der Waals surface area (Å²) in [5.41, 5.74) is 2.77. The van der Waals surface area contributed by atoms with Crippen LogP contribution in [-0.2, 0) is 16.1 Å². The third-order valence-corrected chi connectivity index (χ3v) is 1.47. The highest BCUT2D eigenvalue weighted by Crippen LogP contribution is 2.03. The summed E-state index contributed by atoms with van der Waals surface area (Å²) in [5, 5.41) is 0. The van der Waals surface area contributed by atoms with E-state index in [1.807, 2.05) is 0 Å². The van der Waals surface area contributed by atoms with Crippen LogP contribution in [0, 0.1) is 5.82 Å². The van der Waals surface area contributed by atoms with Gasteiger partial charge in [0.05, 0.1) is 13.5 Å². The second-order valence-corrected chi connectivity index (χ2v) is 2.54. The maximum Gasteiger partial charge on any atom is 0.247 e. The van der Waals surface area contributed by atoms with E-state index in [9.17, 15) is 9.18 Å². The molecule has 70 valence electrons. The molecule has 0 aliphatic heterocycles. The predicted molar refractivity (Wildman–Crippen MR) is 45.3 cm³/mol. The summed E-state index contributed by atoms with van der Waals surface area (Å²) >= 11 is 0. The summed E-state index contributed by atoms with van der Waals surface area (Å²) in [6, 6.07) is 5.88. The van der Waals surface area contributed by atoms with E-state index in [0.717, 1.165) is 0 Å². The first-order valence-electron chi connectivity index (χ1n) is 3.78. The summed E-state index contributed by atoms with van der Waals surface area (Å²) in [6.07, 6.45) is 0.117. The normalized spacial score (nSPS) is 9.69. The van der Waals surface area contributed by atoms with Gasteiger partial charge in [0.25, 0.3) is 0 Å². The molecule has 13 heavy (non-hydrogen) atoms. The van der Waals surface area contributed by atoms with E-state index in [1.54, 1.807) is 12.1 Å². The van der Waals surface area contributed by atoms with Crippen molar-refractivity contribution in [1.82, 2.24) is 5.48 Å². The number of carbonyl (C=O) groups excluding carboxylic acids is 1. The van der Waals surface area contributed by atoms with Gasteiger partial charge in [-0.05, 0) is 17.7 Å². The van der Waals surface area contributed by atoms with Crippen molar-refractivity contribution in [2.45, 2.75) is 6.42 Å². The molecule has 0 atom stereocenters. The number of benzene rings is 1. The molecule has 3 nitrogen and oxygen atoms in total. The van der Waals surface area contributed by atoms with Crippen LogP contribution in [0.5, 0.6) is 0 Å². The average Bonchev–Trinajstić information content (AvgIpc) is 2.04. The Morgan fingerprint density at radius 2 is 2.38 bits per heavy atom. The van der Waals surface area contributed by atoms with Gasteiger partial charge in [0.15, 0.2) is 0 Å². The van der Waals surface area contributed by atoms with Crippen LogP contribution in [0.3, 0.4) is 0 Å². The Balaban J connectivity index is 2.58. The number of hydrogen-bond donors (Lipinski definition) is 1. The fourth-order valence-corrected chi connectivity index (χ4v) is 0.982. The molecule has 0 unspecified atom stereocenters. The molecule has 0 saturated carbocycles. The minimum atomic E-state index is -0.345. The fourth-order valence-electron chi connectivity index (χ4n) is 0.982. The highest BCUT2D eigenvalue weighted by Gasteiger charge is 2.02. The third-order valence-electron chi connectivity index (χ3n) is 1.47. The largest absolute Gasteiger partial charge is 0.277 e. The molecule has 0 aliphatic carbocycles. The maximum atomic E-state index is 12.6. The Morgan fingerprint density at radius 3 is 3.00 bits per heavy atom. The highest BCUT2D eigenvalue weighted by atomic mass is 19.1. The van der Waals surface area contributed by atoms with Gasteiger partial charge in [0, 0.05) is 0 Å². The zero-order valence-corrected chi connectivity index (χ0v) is 7.21. The first-order valence-corrected chi connectivity index (χ1v) is 3.78. The number of carbonyl (C=O) groups is 1. The lowest BCUT2D eigenvalue weighted by atomic mass is 10.1. The molecule has 1 amide bonds. The molecule has 0 heterocycles. The van der Waals surface area contributed by atoms with Gasteiger partial charge in [-0.3, -0.25) is 9.63 Å². The Bertz CT molecular complexity index is 301. The third kappa shape index (κ3) is 3.21. The molecule has 0 fully saturated rings. The topological polar surface area (TPSA) is 38.3 Å². The molecule has 1 aromatic carbocycles. The van der Waals surface area contributed by atoms with Gasteiger partial charge < -0.3 is 0 Å². The zero-order valence-electron chi connectivity index (χ0n) is 7.21. The molecule has 4 heteroatoms. The van der Waals surface area contributed by atoms with Crippen molar-refractivity contribution >= 4 is 5.91 Å². The molecule has 1 aromatic rings.